The highest BCUT2D eigenvalue weighted by molar-refractivity contribution is 5.45. The van der Waals surface area contributed by atoms with Crippen LogP contribution in [0.2, 0.25) is 0 Å². The minimum absolute atomic E-state index is 0.163. The molecule has 0 spiro atoms. The monoisotopic (exact) mass is 256 g/mol. The van der Waals surface area contributed by atoms with Gasteiger partial charge in [0.05, 0.1) is 17.1 Å². The van der Waals surface area contributed by atoms with Gasteiger partial charge in [-0.1, -0.05) is 0 Å². The third-order valence-electron chi connectivity index (χ3n) is 3.32. The Balaban J connectivity index is 1.73. The van der Waals surface area contributed by atoms with E-state index in [2.05, 4.69) is 15.4 Å². The van der Waals surface area contributed by atoms with Crippen molar-refractivity contribution in [2.75, 3.05) is 11.9 Å². The molecule has 0 radical (unpaired) electrons. The molecular weight excluding hydrogens is 245 g/mol. The first-order chi connectivity index (χ1) is 8.50. The van der Waals surface area contributed by atoms with Crippen LogP contribution >= 0.6 is 0 Å². The van der Waals surface area contributed by atoms with Crippen molar-refractivity contribution in [1.29, 1.82) is 0 Å². The highest BCUT2D eigenvalue weighted by Crippen LogP contribution is 2.57. The molecule has 1 N–H and O–H groups in total. The molecule has 3 rings (SSSR count). The second kappa shape index (κ2) is 3.60. The number of anilines is 1. The van der Waals surface area contributed by atoms with Crippen LogP contribution in [0, 0.1) is 5.41 Å². The average molecular weight is 256 g/mol. The third kappa shape index (κ3) is 1.79. The predicted octanol–water partition coefficient (Wildman–Crippen LogP) is 2.48. The Bertz CT molecular complexity index is 571. The lowest BCUT2D eigenvalue weighted by molar-refractivity contribution is -0.182. The van der Waals surface area contributed by atoms with E-state index in [9.17, 15) is 13.2 Å². The molecule has 18 heavy (non-hydrogen) atoms. The number of hydrogen-bond acceptors (Lipinski definition) is 3. The Morgan fingerprint density at radius 2 is 2.17 bits per heavy atom. The van der Waals surface area contributed by atoms with Gasteiger partial charge in [-0.3, -0.25) is 0 Å². The van der Waals surface area contributed by atoms with Crippen LogP contribution in [0.3, 0.4) is 0 Å². The number of hydrogen-bond donors (Lipinski definition) is 1. The van der Waals surface area contributed by atoms with Crippen LogP contribution in [-0.2, 0) is 0 Å². The maximum absolute atomic E-state index is 12.7. The Morgan fingerprint density at radius 3 is 2.83 bits per heavy atom. The maximum Gasteiger partial charge on any atom is 0.396 e. The SMILES string of the molecule is FC(F)(F)C1(CNc2ncc3cccn3n2)CC1. The average Bonchev–Trinajstić information content (AvgIpc) is 2.98. The summed E-state index contributed by atoms with van der Waals surface area (Å²) in [6, 6.07) is 3.62. The molecule has 1 aliphatic rings. The second-order valence-electron chi connectivity index (χ2n) is 4.59. The molecule has 0 amide bonds. The molecular formula is C11H11F3N4. The van der Waals surface area contributed by atoms with Crippen LogP contribution in [0.1, 0.15) is 12.8 Å². The fourth-order valence-corrected chi connectivity index (χ4v) is 1.87. The molecule has 1 saturated carbocycles. The van der Waals surface area contributed by atoms with E-state index < -0.39 is 11.6 Å². The zero-order valence-electron chi connectivity index (χ0n) is 9.41. The molecule has 2 aromatic heterocycles. The van der Waals surface area contributed by atoms with Crippen molar-refractivity contribution in [3.05, 3.63) is 24.5 Å². The van der Waals surface area contributed by atoms with E-state index in [1.165, 1.54) is 0 Å². The van der Waals surface area contributed by atoms with Crippen molar-refractivity contribution < 1.29 is 13.2 Å². The summed E-state index contributed by atoms with van der Waals surface area (Å²) in [6.07, 6.45) is -0.510. The van der Waals surface area contributed by atoms with Gasteiger partial charge in [0.2, 0.25) is 5.95 Å². The van der Waals surface area contributed by atoms with Crippen LogP contribution in [-0.4, -0.2) is 27.3 Å². The molecule has 1 aliphatic carbocycles. The smallest absolute Gasteiger partial charge is 0.352 e. The van der Waals surface area contributed by atoms with Crippen molar-refractivity contribution in [3.63, 3.8) is 0 Å². The minimum Gasteiger partial charge on any atom is -0.352 e. The summed E-state index contributed by atoms with van der Waals surface area (Å²) >= 11 is 0. The number of nitrogens with one attached hydrogen (secondary N) is 1. The van der Waals surface area contributed by atoms with Crippen molar-refractivity contribution in [2.45, 2.75) is 19.0 Å². The lowest BCUT2D eigenvalue weighted by Gasteiger charge is -2.19. The van der Waals surface area contributed by atoms with Gasteiger partial charge in [-0.05, 0) is 25.0 Å². The fraction of sp³-hybridized carbons (Fsp3) is 0.455. The Kier molecular flexibility index (Phi) is 2.26. The number of nitrogens with zero attached hydrogens (tertiary/aromatic N) is 3. The first-order valence-electron chi connectivity index (χ1n) is 5.61. The van der Waals surface area contributed by atoms with E-state index in [-0.39, 0.29) is 25.3 Å². The molecule has 0 unspecified atom stereocenters. The summed E-state index contributed by atoms with van der Waals surface area (Å²) in [7, 11) is 0. The fourth-order valence-electron chi connectivity index (χ4n) is 1.87. The van der Waals surface area contributed by atoms with E-state index >= 15 is 0 Å². The molecule has 96 valence electrons. The van der Waals surface area contributed by atoms with Crippen molar-refractivity contribution in [1.82, 2.24) is 14.6 Å². The predicted molar refractivity (Wildman–Crippen MR) is 59.2 cm³/mol. The van der Waals surface area contributed by atoms with Gasteiger partial charge in [0, 0.05) is 12.7 Å². The minimum atomic E-state index is -4.16. The molecule has 0 atom stereocenters. The Morgan fingerprint density at radius 1 is 1.39 bits per heavy atom. The van der Waals surface area contributed by atoms with E-state index in [1.807, 2.05) is 6.07 Å². The van der Waals surface area contributed by atoms with Crippen LogP contribution in [0.5, 0.6) is 0 Å². The Labute approximate surface area is 101 Å². The summed E-state index contributed by atoms with van der Waals surface area (Å²) in [5, 5.41) is 6.75. The molecule has 0 aliphatic heterocycles. The number of halogens is 3. The van der Waals surface area contributed by atoms with E-state index in [1.54, 1.807) is 23.0 Å². The third-order valence-corrected chi connectivity index (χ3v) is 3.32. The van der Waals surface area contributed by atoms with Gasteiger partial charge in [0.25, 0.3) is 0 Å². The van der Waals surface area contributed by atoms with Crippen molar-refractivity contribution in [2.24, 2.45) is 5.41 Å². The molecule has 4 nitrogen and oxygen atoms in total. The highest BCUT2D eigenvalue weighted by atomic mass is 19.4. The lowest BCUT2D eigenvalue weighted by atomic mass is 10.1. The summed E-state index contributed by atoms with van der Waals surface area (Å²) < 4.78 is 39.7. The van der Waals surface area contributed by atoms with E-state index in [4.69, 9.17) is 0 Å². The summed E-state index contributed by atoms with van der Waals surface area (Å²) in [6.45, 7) is -0.163. The van der Waals surface area contributed by atoms with E-state index in [0.717, 1.165) is 5.52 Å². The van der Waals surface area contributed by atoms with Gasteiger partial charge >= 0.3 is 6.18 Å². The molecule has 0 bridgehead atoms. The van der Waals surface area contributed by atoms with Gasteiger partial charge in [-0.15, -0.1) is 5.10 Å². The molecule has 2 heterocycles. The number of rotatable bonds is 3. The number of alkyl halides is 3. The van der Waals surface area contributed by atoms with Crippen molar-refractivity contribution >= 4 is 11.5 Å². The molecule has 0 saturated heterocycles. The number of aromatic nitrogens is 3. The molecule has 2 aromatic rings. The van der Waals surface area contributed by atoms with Gasteiger partial charge < -0.3 is 5.32 Å². The first kappa shape index (κ1) is 11.3. The van der Waals surface area contributed by atoms with Crippen LogP contribution in [0.4, 0.5) is 19.1 Å². The zero-order chi connectivity index (χ0) is 12.8. The van der Waals surface area contributed by atoms with Gasteiger partial charge in [-0.25, -0.2) is 9.50 Å². The topological polar surface area (TPSA) is 42.2 Å². The van der Waals surface area contributed by atoms with Crippen LogP contribution < -0.4 is 5.32 Å². The molecule has 7 heteroatoms. The number of fused-ring (bicyclic) bond motifs is 1. The zero-order valence-corrected chi connectivity index (χ0v) is 9.41. The van der Waals surface area contributed by atoms with Crippen molar-refractivity contribution in [3.8, 4) is 0 Å². The standard InChI is InChI=1S/C11H11F3N4/c12-11(13,14)10(3-4-10)7-16-9-15-6-8-2-1-5-18(8)17-9/h1-2,5-6H,3-4,7H2,(H,16,17). The lowest BCUT2D eigenvalue weighted by Crippen LogP contribution is -2.32. The van der Waals surface area contributed by atoms with Gasteiger partial charge in [0.1, 0.15) is 0 Å². The molecule has 1 fully saturated rings. The Hall–Kier alpha value is -1.79. The quantitative estimate of drug-likeness (QED) is 0.917. The normalized spacial score (nSPS) is 17.9. The first-order valence-corrected chi connectivity index (χ1v) is 5.61. The van der Waals surface area contributed by atoms with Gasteiger partial charge in [-0.2, -0.15) is 13.2 Å². The molecule has 0 aromatic carbocycles. The summed E-state index contributed by atoms with van der Waals surface area (Å²) in [5.41, 5.74) is -0.778. The largest absolute Gasteiger partial charge is 0.396 e. The van der Waals surface area contributed by atoms with Crippen LogP contribution in [0.25, 0.3) is 5.52 Å². The second-order valence-corrected chi connectivity index (χ2v) is 4.59. The van der Waals surface area contributed by atoms with Crippen LogP contribution in [0.15, 0.2) is 24.5 Å². The highest BCUT2D eigenvalue weighted by Gasteiger charge is 2.62. The summed E-state index contributed by atoms with van der Waals surface area (Å²) in [5.74, 6) is 0.217. The maximum atomic E-state index is 12.7. The van der Waals surface area contributed by atoms with E-state index in [0.29, 0.717) is 0 Å². The summed E-state index contributed by atoms with van der Waals surface area (Å²) in [4.78, 5) is 3.98. The van der Waals surface area contributed by atoms with Gasteiger partial charge in [0.15, 0.2) is 0 Å².